The molecule has 1 fully saturated rings. The second kappa shape index (κ2) is 6.44. The van der Waals surface area contributed by atoms with Crippen molar-refractivity contribution in [1.29, 1.82) is 0 Å². The van der Waals surface area contributed by atoms with Gasteiger partial charge in [0, 0.05) is 19.6 Å². The molecule has 0 saturated carbocycles. The van der Waals surface area contributed by atoms with Gasteiger partial charge < -0.3 is 15.2 Å². The molecule has 1 aromatic heterocycles. The first-order valence-corrected chi connectivity index (χ1v) is 7.80. The standard InChI is InChI=1S/C11H18N4O4S/c1-2-12-11-13-5-10(6-14-11)20(17,18)15-3-4-19-9(7-15)8-16/h5-6,9,16H,2-4,7-8H2,1H3,(H,12,13,14). The molecule has 0 amide bonds. The lowest BCUT2D eigenvalue weighted by Gasteiger charge is -2.30. The van der Waals surface area contributed by atoms with Gasteiger partial charge in [0.25, 0.3) is 0 Å². The minimum atomic E-state index is -3.65. The van der Waals surface area contributed by atoms with Gasteiger partial charge in [-0.3, -0.25) is 0 Å². The predicted octanol–water partition coefficient (Wildman–Crippen LogP) is -0.710. The highest BCUT2D eigenvalue weighted by Gasteiger charge is 2.30. The fourth-order valence-corrected chi connectivity index (χ4v) is 3.22. The molecule has 1 aromatic rings. The van der Waals surface area contributed by atoms with Gasteiger partial charge in [0.05, 0.1) is 31.7 Å². The van der Waals surface area contributed by atoms with E-state index in [-0.39, 0.29) is 31.2 Å². The molecule has 1 saturated heterocycles. The molecular formula is C11H18N4O4S. The topological polar surface area (TPSA) is 105 Å². The highest BCUT2D eigenvalue weighted by molar-refractivity contribution is 7.89. The molecule has 9 heteroatoms. The number of aliphatic hydroxyl groups is 1. The van der Waals surface area contributed by atoms with Crippen molar-refractivity contribution in [2.45, 2.75) is 17.9 Å². The maximum absolute atomic E-state index is 12.4. The Morgan fingerprint density at radius 3 is 2.80 bits per heavy atom. The molecule has 2 N–H and O–H groups in total. The summed E-state index contributed by atoms with van der Waals surface area (Å²) in [7, 11) is -3.65. The molecule has 1 aliphatic heterocycles. The number of rotatable bonds is 5. The van der Waals surface area contributed by atoms with Crippen molar-refractivity contribution in [2.75, 3.05) is 38.2 Å². The summed E-state index contributed by atoms with van der Waals surface area (Å²) < 4.78 is 31.3. The van der Waals surface area contributed by atoms with Gasteiger partial charge >= 0.3 is 0 Å². The van der Waals surface area contributed by atoms with Gasteiger partial charge in [0.15, 0.2) is 0 Å². The number of morpholine rings is 1. The van der Waals surface area contributed by atoms with Crippen LogP contribution in [0.2, 0.25) is 0 Å². The van der Waals surface area contributed by atoms with Gasteiger partial charge in [0.1, 0.15) is 4.90 Å². The second-order valence-electron chi connectivity index (χ2n) is 4.31. The van der Waals surface area contributed by atoms with E-state index in [1.54, 1.807) is 0 Å². The molecule has 0 aromatic carbocycles. The van der Waals surface area contributed by atoms with Gasteiger partial charge in [-0.05, 0) is 6.92 Å². The Hall–Kier alpha value is -1.29. The van der Waals surface area contributed by atoms with E-state index in [1.807, 2.05) is 6.92 Å². The molecule has 2 heterocycles. The number of aromatic nitrogens is 2. The molecule has 0 aliphatic carbocycles. The maximum Gasteiger partial charge on any atom is 0.246 e. The van der Waals surface area contributed by atoms with E-state index in [4.69, 9.17) is 9.84 Å². The zero-order valence-electron chi connectivity index (χ0n) is 11.2. The summed E-state index contributed by atoms with van der Waals surface area (Å²) in [5.74, 6) is 0.390. The van der Waals surface area contributed by atoms with Crippen LogP contribution in [0.15, 0.2) is 17.3 Å². The number of hydrogen-bond acceptors (Lipinski definition) is 7. The van der Waals surface area contributed by atoms with E-state index in [0.29, 0.717) is 12.5 Å². The first-order chi connectivity index (χ1) is 9.57. The minimum Gasteiger partial charge on any atom is -0.394 e. The lowest BCUT2D eigenvalue weighted by molar-refractivity contribution is -0.0304. The molecule has 0 radical (unpaired) electrons. The van der Waals surface area contributed by atoms with E-state index in [1.165, 1.54) is 16.7 Å². The van der Waals surface area contributed by atoms with Gasteiger partial charge in [-0.25, -0.2) is 18.4 Å². The van der Waals surface area contributed by atoms with Crippen LogP contribution >= 0.6 is 0 Å². The third-order valence-electron chi connectivity index (χ3n) is 2.91. The van der Waals surface area contributed by atoms with Crippen molar-refractivity contribution in [3.63, 3.8) is 0 Å². The van der Waals surface area contributed by atoms with Gasteiger partial charge in [-0.15, -0.1) is 0 Å². The minimum absolute atomic E-state index is 0.0396. The monoisotopic (exact) mass is 302 g/mol. The van der Waals surface area contributed by atoms with Crippen LogP contribution < -0.4 is 5.32 Å². The molecule has 0 spiro atoms. The number of anilines is 1. The SMILES string of the molecule is CCNc1ncc(S(=O)(=O)N2CCOC(CO)C2)cn1. The van der Waals surface area contributed by atoms with Crippen molar-refractivity contribution < 1.29 is 18.3 Å². The van der Waals surface area contributed by atoms with Gasteiger partial charge in [-0.2, -0.15) is 4.31 Å². The fraction of sp³-hybridized carbons (Fsp3) is 0.636. The fourth-order valence-electron chi connectivity index (χ4n) is 1.87. The first kappa shape index (κ1) is 15.1. The second-order valence-corrected chi connectivity index (χ2v) is 6.25. The van der Waals surface area contributed by atoms with Crippen LogP contribution in [0.25, 0.3) is 0 Å². The van der Waals surface area contributed by atoms with E-state index in [2.05, 4.69) is 15.3 Å². The van der Waals surface area contributed by atoms with E-state index in [9.17, 15) is 8.42 Å². The van der Waals surface area contributed by atoms with Crippen LogP contribution in [0.3, 0.4) is 0 Å². The zero-order valence-corrected chi connectivity index (χ0v) is 12.0. The van der Waals surface area contributed by atoms with Crippen LogP contribution in [0.1, 0.15) is 6.92 Å². The smallest absolute Gasteiger partial charge is 0.246 e. The average molecular weight is 302 g/mol. The average Bonchev–Trinajstić information content (AvgIpc) is 2.48. The lowest BCUT2D eigenvalue weighted by Crippen LogP contribution is -2.46. The van der Waals surface area contributed by atoms with Crippen LogP contribution in [0.4, 0.5) is 5.95 Å². The molecule has 1 unspecified atom stereocenters. The van der Waals surface area contributed by atoms with Crippen molar-refractivity contribution >= 4 is 16.0 Å². The van der Waals surface area contributed by atoms with Crippen LogP contribution in [0, 0.1) is 0 Å². The van der Waals surface area contributed by atoms with E-state index in [0.717, 1.165) is 0 Å². The van der Waals surface area contributed by atoms with Crippen LogP contribution in [-0.4, -0.2) is 66.7 Å². The highest BCUT2D eigenvalue weighted by atomic mass is 32.2. The predicted molar refractivity (Wildman–Crippen MR) is 71.8 cm³/mol. The Bertz CT molecular complexity index is 534. The quantitative estimate of drug-likeness (QED) is 0.740. The molecule has 8 nitrogen and oxygen atoms in total. The number of ether oxygens (including phenoxy) is 1. The summed E-state index contributed by atoms with van der Waals surface area (Å²) in [6.45, 7) is 3.01. The number of hydrogen-bond donors (Lipinski definition) is 2. The number of nitrogens with zero attached hydrogens (tertiary/aromatic N) is 3. The van der Waals surface area contributed by atoms with Crippen LogP contribution in [-0.2, 0) is 14.8 Å². The van der Waals surface area contributed by atoms with Gasteiger partial charge in [0.2, 0.25) is 16.0 Å². The molecule has 1 aliphatic rings. The molecular weight excluding hydrogens is 284 g/mol. The summed E-state index contributed by atoms with van der Waals surface area (Å²) in [5, 5.41) is 12.0. The normalized spacial score (nSPS) is 20.8. The Balaban J connectivity index is 2.16. The van der Waals surface area contributed by atoms with Crippen molar-refractivity contribution in [2.24, 2.45) is 0 Å². The third kappa shape index (κ3) is 3.23. The zero-order chi connectivity index (χ0) is 14.6. The number of nitrogens with one attached hydrogen (secondary N) is 1. The summed E-state index contributed by atoms with van der Waals surface area (Å²) in [4.78, 5) is 7.96. The van der Waals surface area contributed by atoms with E-state index < -0.39 is 16.1 Å². The Kier molecular flexibility index (Phi) is 4.86. The molecule has 20 heavy (non-hydrogen) atoms. The Labute approximate surface area is 117 Å². The Morgan fingerprint density at radius 1 is 1.50 bits per heavy atom. The molecule has 0 bridgehead atoms. The largest absolute Gasteiger partial charge is 0.394 e. The van der Waals surface area contributed by atoms with Crippen molar-refractivity contribution in [3.8, 4) is 0 Å². The van der Waals surface area contributed by atoms with Crippen molar-refractivity contribution in [3.05, 3.63) is 12.4 Å². The number of aliphatic hydroxyl groups excluding tert-OH is 1. The van der Waals surface area contributed by atoms with Crippen molar-refractivity contribution in [1.82, 2.24) is 14.3 Å². The highest BCUT2D eigenvalue weighted by Crippen LogP contribution is 2.17. The summed E-state index contributed by atoms with van der Waals surface area (Å²) in [6.07, 6.45) is 2.08. The number of sulfonamides is 1. The Morgan fingerprint density at radius 2 is 2.20 bits per heavy atom. The lowest BCUT2D eigenvalue weighted by atomic mass is 10.3. The summed E-state index contributed by atoms with van der Waals surface area (Å²) in [5.41, 5.74) is 0. The first-order valence-electron chi connectivity index (χ1n) is 6.36. The third-order valence-corrected chi connectivity index (χ3v) is 4.72. The van der Waals surface area contributed by atoms with Crippen LogP contribution in [0.5, 0.6) is 0 Å². The molecule has 1 atom stereocenters. The van der Waals surface area contributed by atoms with E-state index >= 15 is 0 Å². The molecule has 112 valence electrons. The maximum atomic E-state index is 12.4. The van der Waals surface area contributed by atoms with Gasteiger partial charge in [-0.1, -0.05) is 0 Å². The summed E-state index contributed by atoms with van der Waals surface area (Å²) in [6, 6.07) is 0. The molecule has 2 rings (SSSR count). The summed E-state index contributed by atoms with van der Waals surface area (Å²) >= 11 is 0.